The molecule has 0 bridgehead atoms. The van der Waals surface area contributed by atoms with E-state index in [-0.39, 0.29) is 6.10 Å². The molecule has 1 rings (SSSR count). The minimum Gasteiger partial charge on any atom is -0.392 e. The van der Waals surface area contributed by atoms with Gasteiger partial charge in [-0.15, -0.1) is 0 Å². The average Bonchev–Trinajstić information content (AvgIpc) is 2.87. The number of aliphatic hydroxyl groups is 1. The lowest BCUT2D eigenvalue weighted by Crippen LogP contribution is -2.33. The molecule has 0 spiro atoms. The molecule has 0 amide bonds. The van der Waals surface area contributed by atoms with Crippen molar-refractivity contribution >= 4 is 0 Å². The van der Waals surface area contributed by atoms with Crippen LogP contribution >= 0.6 is 0 Å². The van der Waals surface area contributed by atoms with E-state index in [4.69, 9.17) is 0 Å². The molecule has 0 aromatic carbocycles. The average molecular weight is 185 g/mol. The molecular weight excluding hydrogens is 162 g/mol. The van der Waals surface area contributed by atoms with Crippen molar-refractivity contribution in [2.75, 3.05) is 19.6 Å². The lowest BCUT2D eigenvalue weighted by Gasteiger charge is -2.23. The molecular formula is C11H23NO. The topological polar surface area (TPSA) is 23.5 Å². The van der Waals surface area contributed by atoms with E-state index in [1.807, 2.05) is 0 Å². The van der Waals surface area contributed by atoms with Gasteiger partial charge in [0.25, 0.3) is 0 Å². The Labute approximate surface area is 81.9 Å². The van der Waals surface area contributed by atoms with Gasteiger partial charge in [0.2, 0.25) is 0 Å². The Kier molecular flexibility index (Phi) is 4.74. The summed E-state index contributed by atoms with van der Waals surface area (Å²) >= 11 is 0. The molecule has 0 aliphatic heterocycles. The van der Waals surface area contributed by atoms with Gasteiger partial charge in [-0.2, -0.15) is 0 Å². The van der Waals surface area contributed by atoms with Crippen molar-refractivity contribution in [3.05, 3.63) is 0 Å². The molecule has 1 atom stereocenters. The SMILES string of the molecule is CCCC(O)CN(CC)CC1CC1. The van der Waals surface area contributed by atoms with Crippen molar-refractivity contribution in [1.82, 2.24) is 4.90 Å². The number of likely N-dealkylation sites (N-methyl/N-ethyl adjacent to an activating group) is 1. The molecule has 1 fully saturated rings. The van der Waals surface area contributed by atoms with Crippen molar-refractivity contribution < 1.29 is 5.11 Å². The van der Waals surface area contributed by atoms with E-state index < -0.39 is 0 Å². The van der Waals surface area contributed by atoms with Crippen LogP contribution in [0.15, 0.2) is 0 Å². The quantitative estimate of drug-likeness (QED) is 0.654. The lowest BCUT2D eigenvalue weighted by molar-refractivity contribution is 0.105. The molecule has 1 saturated carbocycles. The van der Waals surface area contributed by atoms with Gasteiger partial charge in [0.15, 0.2) is 0 Å². The second-order valence-electron chi connectivity index (χ2n) is 4.24. The maximum absolute atomic E-state index is 9.64. The lowest BCUT2D eigenvalue weighted by atomic mass is 10.2. The van der Waals surface area contributed by atoms with Gasteiger partial charge in [-0.1, -0.05) is 20.3 Å². The fourth-order valence-electron chi connectivity index (χ4n) is 1.72. The summed E-state index contributed by atoms with van der Waals surface area (Å²) in [4.78, 5) is 2.39. The van der Waals surface area contributed by atoms with E-state index in [0.717, 1.165) is 31.8 Å². The predicted molar refractivity (Wildman–Crippen MR) is 55.8 cm³/mol. The van der Waals surface area contributed by atoms with Crippen LogP contribution in [0.4, 0.5) is 0 Å². The summed E-state index contributed by atoms with van der Waals surface area (Å²) in [6.07, 6.45) is 4.73. The monoisotopic (exact) mass is 185 g/mol. The van der Waals surface area contributed by atoms with Gasteiger partial charge in [0.1, 0.15) is 0 Å². The normalized spacial score (nSPS) is 19.4. The Bertz CT molecular complexity index is 134. The van der Waals surface area contributed by atoms with Crippen molar-refractivity contribution in [1.29, 1.82) is 0 Å². The number of aliphatic hydroxyl groups excluding tert-OH is 1. The second-order valence-corrected chi connectivity index (χ2v) is 4.24. The maximum Gasteiger partial charge on any atom is 0.0667 e. The molecule has 1 aliphatic carbocycles. The van der Waals surface area contributed by atoms with Crippen LogP contribution in [-0.2, 0) is 0 Å². The van der Waals surface area contributed by atoms with Gasteiger partial charge < -0.3 is 10.0 Å². The van der Waals surface area contributed by atoms with E-state index in [1.165, 1.54) is 19.4 Å². The first-order valence-electron chi connectivity index (χ1n) is 5.66. The molecule has 0 heterocycles. The van der Waals surface area contributed by atoms with E-state index in [0.29, 0.717) is 0 Å². The zero-order valence-electron chi connectivity index (χ0n) is 9.00. The first-order chi connectivity index (χ1) is 6.26. The molecule has 0 radical (unpaired) electrons. The number of hydrogen-bond donors (Lipinski definition) is 1. The van der Waals surface area contributed by atoms with Crippen LogP contribution in [0.2, 0.25) is 0 Å². The smallest absolute Gasteiger partial charge is 0.0667 e. The summed E-state index contributed by atoms with van der Waals surface area (Å²) in [5.74, 6) is 0.939. The van der Waals surface area contributed by atoms with Gasteiger partial charge in [-0.3, -0.25) is 0 Å². The van der Waals surface area contributed by atoms with E-state index in [9.17, 15) is 5.11 Å². The van der Waals surface area contributed by atoms with Gasteiger partial charge in [0.05, 0.1) is 6.10 Å². The number of hydrogen-bond acceptors (Lipinski definition) is 2. The molecule has 2 nitrogen and oxygen atoms in total. The predicted octanol–water partition coefficient (Wildman–Crippen LogP) is 1.88. The summed E-state index contributed by atoms with van der Waals surface area (Å²) in [5, 5.41) is 9.64. The summed E-state index contributed by atoms with van der Waals surface area (Å²) < 4.78 is 0. The maximum atomic E-state index is 9.64. The number of nitrogens with zero attached hydrogens (tertiary/aromatic N) is 1. The minimum atomic E-state index is -0.108. The van der Waals surface area contributed by atoms with Gasteiger partial charge >= 0.3 is 0 Å². The fraction of sp³-hybridized carbons (Fsp3) is 1.00. The highest BCUT2D eigenvalue weighted by molar-refractivity contribution is 4.77. The zero-order valence-corrected chi connectivity index (χ0v) is 9.00. The van der Waals surface area contributed by atoms with Crippen LogP contribution < -0.4 is 0 Å². The van der Waals surface area contributed by atoms with Gasteiger partial charge in [-0.05, 0) is 31.7 Å². The van der Waals surface area contributed by atoms with Gasteiger partial charge in [0, 0.05) is 13.1 Å². The van der Waals surface area contributed by atoms with Crippen LogP contribution in [0.3, 0.4) is 0 Å². The van der Waals surface area contributed by atoms with Crippen LogP contribution in [-0.4, -0.2) is 35.7 Å². The summed E-state index contributed by atoms with van der Waals surface area (Å²) in [6, 6.07) is 0. The largest absolute Gasteiger partial charge is 0.392 e. The molecule has 2 heteroatoms. The minimum absolute atomic E-state index is 0.108. The molecule has 78 valence electrons. The highest BCUT2D eigenvalue weighted by atomic mass is 16.3. The Hall–Kier alpha value is -0.0800. The Balaban J connectivity index is 2.13. The van der Waals surface area contributed by atoms with Crippen LogP contribution in [0.25, 0.3) is 0 Å². The van der Waals surface area contributed by atoms with Crippen LogP contribution in [0.1, 0.15) is 39.5 Å². The second kappa shape index (κ2) is 5.61. The standard InChI is InChI=1S/C11H23NO/c1-3-5-11(13)9-12(4-2)8-10-6-7-10/h10-11,13H,3-9H2,1-2H3. The van der Waals surface area contributed by atoms with Crippen molar-refractivity contribution in [2.24, 2.45) is 5.92 Å². The first-order valence-corrected chi connectivity index (χ1v) is 5.66. The molecule has 0 aromatic rings. The Morgan fingerprint density at radius 1 is 1.38 bits per heavy atom. The molecule has 0 aromatic heterocycles. The third-order valence-corrected chi connectivity index (χ3v) is 2.75. The van der Waals surface area contributed by atoms with Crippen molar-refractivity contribution in [3.8, 4) is 0 Å². The van der Waals surface area contributed by atoms with Crippen molar-refractivity contribution in [2.45, 2.75) is 45.6 Å². The van der Waals surface area contributed by atoms with Crippen LogP contribution in [0.5, 0.6) is 0 Å². The summed E-state index contributed by atoms with van der Waals surface area (Å²) in [7, 11) is 0. The van der Waals surface area contributed by atoms with Crippen LogP contribution in [0, 0.1) is 5.92 Å². The zero-order chi connectivity index (χ0) is 9.68. The molecule has 13 heavy (non-hydrogen) atoms. The summed E-state index contributed by atoms with van der Waals surface area (Å²) in [6.45, 7) is 7.47. The van der Waals surface area contributed by atoms with E-state index >= 15 is 0 Å². The third-order valence-electron chi connectivity index (χ3n) is 2.75. The van der Waals surface area contributed by atoms with Gasteiger partial charge in [-0.25, -0.2) is 0 Å². The van der Waals surface area contributed by atoms with E-state index in [1.54, 1.807) is 0 Å². The fourth-order valence-corrected chi connectivity index (χ4v) is 1.72. The first kappa shape index (κ1) is 11.0. The molecule has 0 saturated heterocycles. The third kappa shape index (κ3) is 4.63. The molecule has 1 N–H and O–H groups in total. The molecule has 1 unspecified atom stereocenters. The highest BCUT2D eigenvalue weighted by Gasteiger charge is 2.24. The highest BCUT2D eigenvalue weighted by Crippen LogP contribution is 2.29. The Morgan fingerprint density at radius 3 is 2.54 bits per heavy atom. The molecule has 1 aliphatic rings. The van der Waals surface area contributed by atoms with Crippen molar-refractivity contribution in [3.63, 3.8) is 0 Å². The number of rotatable bonds is 7. The van der Waals surface area contributed by atoms with E-state index in [2.05, 4.69) is 18.7 Å². The Morgan fingerprint density at radius 2 is 2.08 bits per heavy atom. The summed E-state index contributed by atoms with van der Waals surface area (Å²) in [5.41, 5.74) is 0.